The Balaban J connectivity index is 1.60. The van der Waals surface area contributed by atoms with Crippen molar-refractivity contribution in [2.75, 3.05) is 13.2 Å². The maximum Gasteiger partial charge on any atom is 0.0779 e. The average Bonchev–Trinajstić information content (AvgIpc) is 3.02. The molecule has 0 bridgehead atoms. The second kappa shape index (κ2) is 5.55. The van der Waals surface area contributed by atoms with Crippen molar-refractivity contribution in [3.05, 3.63) is 21.4 Å². The van der Waals surface area contributed by atoms with Crippen LogP contribution in [0.15, 0.2) is 6.07 Å². The van der Waals surface area contributed by atoms with Gasteiger partial charge in [0.15, 0.2) is 0 Å². The van der Waals surface area contributed by atoms with Crippen molar-refractivity contribution >= 4 is 11.3 Å². The first-order chi connectivity index (χ1) is 9.16. The standard InChI is InChI=1S/C16H25NOS/c1-12(17-11-16(2)8-5-9-18-16)15-10-13-6-3-4-7-14(13)19-15/h10,12,17H,3-9,11H2,1-2H3. The lowest BCUT2D eigenvalue weighted by Gasteiger charge is -2.25. The maximum absolute atomic E-state index is 5.85. The first-order valence-electron chi connectivity index (χ1n) is 7.65. The molecule has 2 heterocycles. The Labute approximate surface area is 120 Å². The van der Waals surface area contributed by atoms with E-state index in [0.29, 0.717) is 6.04 Å². The summed E-state index contributed by atoms with van der Waals surface area (Å²) in [5.74, 6) is 0. The Morgan fingerprint density at radius 2 is 2.21 bits per heavy atom. The summed E-state index contributed by atoms with van der Waals surface area (Å²) in [4.78, 5) is 3.15. The zero-order valence-electron chi connectivity index (χ0n) is 12.1. The highest BCUT2D eigenvalue weighted by Gasteiger charge is 2.30. The fraction of sp³-hybridized carbons (Fsp3) is 0.750. The molecule has 106 valence electrons. The predicted molar refractivity (Wildman–Crippen MR) is 81.0 cm³/mol. The van der Waals surface area contributed by atoms with Crippen molar-refractivity contribution in [1.82, 2.24) is 5.32 Å². The van der Waals surface area contributed by atoms with Crippen LogP contribution in [0.1, 0.15) is 60.9 Å². The number of hydrogen-bond donors (Lipinski definition) is 1. The van der Waals surface area contributed by atoms with Crippen LogP contribution in [0, 0.1) is 0 Å². The van der Waals surface area contributed by atoms with E-state index in [1.165, 1.54) is 43.4 Å². The summed E-state index contributed by atoms with van der Waals surface area (Å²) >= 11 is 2.02. The molecule has 1 aromatic rings. The van der Waals surface area contributed by atoms with Gasteiger partial charge in [-0.25, -0.2) is 0 Å². The summed E-state index contributed by atoms with van der Waals surface area (Å²) in [6, 6.07) is 2.89. The number of thiophene rings is 1. The molecule has 1 aliphatic heterocycles. The lowest BCUT2D eigenvalue weighted by atomic mass is 9.98. The van der Waals surface area contributed by atoms with Gasteiger partial charge in [-0.05, 0) is 64.0 Å². The minimum atomic E-state index is 0.0607. The zero-order chi connectivity index (χ0) is 13.3. The van der Waals surface area contributed by atoms with E-state index < -0.39 is 0 Å². The molecule has 1 aliphatic carbocycles. The summed E-state index contributed by atoms with van der Waals surface area (Å²) in [5, 5.41) is 3.68. The highest BCUT2D eigenvalue weighted by molar-refractivity contribution is 7.12. The fourth-order valence-electron chi connectivity index (χ4n) is 3.17. The van der Waals surface area contributed by atoms with Crippen LogP contribution in [0.5, 0.6) is 0 Å². The molecule has 2 unspecified atom stereocenters. The molecule has 0 radical (unpaired) electrons. The molecule has 2 atom stereocenters. The first kappa shape index (κ1) is 13.6. The molecule has 3 heteroatoms. The highest BCUT2D eigenvalue weighted by Crippen LogP contribution is 2.33. The number of rotatable bonds is 4. The van der Waals surface area contributed by atoms with Gasteiger partial charge >= 0.3 is 0 Å². The van der Waals surface area contributed by atoms with Gasteiger partial charge < -0.3 is 10.1 Å². The summed E-state index contributed by atoms with van der Waals surface area (Å²) in [7, 11) is 0. The molecule has 0 aromatic carbocycles. The number of ether oxygens (including phenoxy) is 1. The summed E-state index contributed by atoms with van der Waals surface area (Å²) in [6.45, 7) is 6.42. The van der Waals surface area contributed by atoms with Crippen molar-refractivity contribution in [1.29, 1.82) is 0 Å². The van der Waals surface area contributed by atoms with Crippen molar-refractivity contribution in [2.24, 2.45) is 0 Å². The molecule has 19 heavy (non-hydrogen) atoms. The number of hydrogen-bond acceptors (Lipinski definition) is 3. The minimum Gasteiger partial charge on any atom is -0.374 e. The molecule has 0 saturated carbocycles. The van der Waals surface area contributed by atoms with Crippen LogP contribution in [0.25, 0.3) is 0 Å². The second-order valence-corrected chi connectivity index (χ2v) is 7.48. The van der Waals surface area contributed by atoms with Gasteiger partial charge in [-0.15, -0.1) is 11.3 Å². The summed E-state index contributed by atoms with van der Waals surface area (Å²) in [5.41, 5.74) is 1.67. The van der Waals surface area contributed by atoms with Crippen LogP contribution in [-0.2, 0) is 17.6 Å². The predicted octanol–water partition coefficient (Wildman–Crippen LogP) is 3.85. The van der Waals surface area contributed by atoms with Gasteiger partial charge in [0.05, 0.1) is 5.60 Å². The monoisotopic (exact) mass is 279 g/mol. The van der Waals surface area contributed by atoms with E-state index in [4.69, 9.17) is 4.74 Å². The van der Waals surface area contributed by atoms with E-state index in [2.05, 4.69) is 25.2 Å². The smallest absolute Gasteiger partial charge is 0.0779 e. The molecule has 0 spiro atoms. The molecule has 1 aromatic heterocycles. The molecule has 1 saturated heterocycles. The van der Waals surface area contributed by atoms with Crippen LogP contribution < -0.4 is 5.32 Å². The van der Waals surface area contributed by atoms with Crippen molar-refractivity contribution in [3.8, 4) is 0 Å². The molecular formula is C16H25NOS. The molecule has 0 amide bonds. The quantitative estimate of drug-likeness (QED) is 0.904. The Kier molecular flexibility index (Phi) is 3.97. The third-order valence-electron chi connectivity index (χ3n) is 4.53. The van der Waals surface area contributed by atoms with Gasteiger partial charge in [-0.3, -0.25) is 0 Å². The lowest BCUT2D eigenvalue weighted by Crippen LogP contribution is -2.38. The highest BCUT2D eigenvalue weighted by atomic mass is 32.1. The third kappa shape index (κ3) is 3.04. The minimum absolute atomic E-state index is 0.0607. The summed E-state index contributed by atoms with van der Waals surface area (Å²) < 4.78 is 5.85. The fourth-order valence-corrected chi connectivity index (χ4v) is 4.46. The topological polar surface area (TPSA) is 21.3 Å². The Hall–Kier alpha value is -0.380. The van der Waals surface area contributed by atoms with Gasteiger partial charge in [0.1, 0.15) is 0 Å². The van der Waals surface area contributed by atoms with Crippen LogP contribution in [-0.4, -0.2) is 18.8 Å². The van der Waals surface area contributed by atoms with Gasteiger partial charge in [-0.2, -0.15) is 0 Å². The lowest BCUT2D eigenvalue weighted by molar-refractivity contribution is 0.0192. The van der Waals surface area contributed by atoms with Gasteiger partial charge in [-0.1, -0.05) is 0 Å². The molecule has 2 aliphatic rings. The Morgan fingerprint density at radius 3 is 2.95 bits per heavy atom. The van der Waals surface area contributed by atoms with Crippen molar-refractivity contribution < 1.29 is 4.74 Å². The molecule has 3 rings (SSSR count). The Morgan fingerprint density at radius 1 is 1.37 bits per heavy atom. The third-order valence-corrected chi connectivity index (χ3v) is 5.94. The molecule has 1 N–H and O–H groups in total. The molecule has 2 nitrogen and oxygen atoms in total. The van der Waals surface area contributed by atoms with E-state index in [0.717, 1.165) is 13.2 Å². The van der Waals surface area contributed by atoms with Gasteiger partial charge in [0.2, 0.25) is 0 Å². The van der Waals surface area contributed by atoms with Crippen LogP contribution in [0.4, 0.5) is 0 Å². The van der Waals surface area contributed by atoms with Crippen LogP contribution in [0.3, 0.4) is 0 Å². The van der Waals surface area contributed by atoms with E-state index in [1.807, 2.05) is 11.3 Å². The molecule has 1 fully saturated rings. The SMILES string of the molecule is CC(NCC1(C)CCCO1)c1cc2c(s1)CCCC2. The normalized spacial score (nSPS) is 28.3. The van der Waals surface area contributed by atoms with Crippen LogP contribution >= 0.6 is 11.3 Å². The average molecular weight is 279 g/mol. The van der Waals surface area contributed by atoms with E-state index >= 15 is 0 Å². The van der Waals surface area contributed by atoms with E-state index in [9.17, 15) is 0 Å². The summed E-state index contributed by atoms with van der Waals surface area (Å²) in [6.07, 6.45) is 7.73. The van der Waals surface area contributed by atoms with Crippen LogP contribution in [0.2, 0.25) is 0 Å². The first-order valence-corrected chi connectivity index (χ1v) is 8.47. The largest absolute Gasteiger partial charge is 0.374 e. The molecular weight excluding hydrogens is 254 g/mol. The Bertz CT molecular complexity index is 410. The van der Waals surface area contributed by atoms with Gasteiger partial charge in [0.25, 0.3) is 0 Å². The van der Waals surface area contributed by atoms with Gasteiger partial charge in [0, 0.05) is 28.9 Å². The van der Waals surface area contributed by atoms with E-state index in [-0.39, 0.29) is 5.60 Å². The second-order valence-electron chi connectivity index (χ2n) is 6.31. The number of fused-ring (bicyclic) bond motifs is 1. The van der Waals surface area contributed by atoms with Crippen molar-refractivity contribution in [2.45, 2.75) is 64.0 Å². The van der Waals surface area contributed by atoms with E-state index in [1.54, 1.807) is 10.4 Å². The van der Waals surface area contributed by atoms with Crippen molar-refractivity contribution in [3.63, 3.8) is 0 Å². The maximum atomic E-state index is 5.85. The zero-order valence-corrected chi connectivity index (χ0v) is 12.9. The number of aryl methyl sites for hydroxylation is 2. The number of nitrogens with one attached hydrogen (secondary N) is 1.